The standard InChI is InChI=1S/C15H11F3N2O3/c1-23-14(22)10-4-2-9(3-5-10)13(21)20-12-8-11(6-7-19-12)15(16,17)18/h2-8H,1H3,(H,19,20,21). The van der Waals surface area contributed by atoms with Crippen LogP contribution in [0.1, 0.15) is 26.3 Å². The van der Waals surface area contributed by atoms with Gasteiger partial charge >= 0.3 is 12.1 Å². The smallest absolute Gasteiger partial charge is 0.416 e. The second kappa shape index (κ2) is 6.47. The molecule has 0 atom stereocenters. The molecule has 0 fully saturated rings. The van der Waals surface area contributed by atoms with Crippen LogP contribution in [0.3, 0.4) is 0 Å². The summed E-state index contributed by atoms with van der Waals surface area (Å²) in [5.74, 6) is -1.42. The van der Waals surface area contributed by atoms with Crippen LogP contribution >= 0.6 is 0 Å². The summed E-state index contributed by atoms with van der Waals surface area (Å²) in [7, 11) is 1.22. The SMILES string of the molecule is COC(=O)c1ccc(C(=O)Nc2cc(C(F)(F)F)ccn2)cc1. The number of ether oxygens (including phenoxy) is 1. The first-order chi connectivity index (χ1) is 10.8. The third-order valence-corrected chi connectivity index (χ3v) is 2.90. The summed E-state index contributed by atoms with van der Waals surface area (Å²) in [5, 5.41) is 2.27. The largest absolute Gasteiger partial charge is 0.465 e. The van der Waals surface area contributed by atoms with E-state index in [4.69, 9.17) is 0 Å². The zero-order chi connectivity index (χ0) is 17.0. The van der Waals surface area contributed by atoms with E-state index < -0.39 is 23.6 Å². The third-order valence-electron chi connectivity index (χ3n) is 2.90. The number of anilines is 1. The Hall–Kier alpha value is -2.90. The number of pyridine rings is 1. The number of alkyl halides is 3. The lowest BCUT2D eigenvalue weighted by Gasteiger charge is -2.09. The van der Waals surface area contributed by atoms with Crippen molar-refractivity contribution in [3.8, 4) is 0 Å². The molecule has 8 heteroatoms. The maximum absolute atomic E-state index is 12.6. The lowest BCUT2D eigenvalue weighted by atomic mass is 10.1. The fourth-order valence-corrected chi connectivity index (χ4v) is 1.74. The lowest BCUT2D eigenvalue weighted by Crippen LogP contribution is -2.14. The minimum atomic E-state index is -4.52. The molecule has 0 saturated carbocycles. The van der Waals surface area contributed by atoms with Crippen molar-refractivity contribution in [3.63, 3.8) is 0 Å². The van der Waals surface area contributed by atoms with Crippen LogP contribution in [0.25, 0.3) is 0 Å². The van der Waals surface area contributed by atoms with Crippen LogP contribution in [0, 0.1) is 0 Å². The molecule has 120 valence electrons. The van der Waals surface area contributed by atoms with Gasteiger partial charge in [0.25, 0.3) is 5.91 Å². The summed E-state index contributed by atoms with van der Waals surface area (Å²) in [4.78, 5) is 26.9. The van der Waals surface area contributed by atoms with Gasteiger partial charge in [-0.2, -0.15) is 13.2 Å². The Morgan fingerprint density at radius 1 is 1.09 bits per heavy atom. The normalized spacial score (nSPS) is 11.0. The zero-order valence-corrected chi connectivity index (χ0v) is 11.8. The number of halogens is 3. The van der Waals surface area contributed by atoms with E-state index >= 15 is 0 Å². The van der Waals surface area contributed by atoms with Crippen molar-refractivity contribution in [2.45, 2.75) is 6.18 Å². The Bertz CT molecular complexity index is 727. The highest BCUT2D eigenvalue weighted by molar-refractivity contribution is 6.04. The molecule has 1 heterocycles. The molecule has 1 aromatic carbocycles. The van der Waals surface area contributed by atoms with Crippen LogP contribution in [-0.2, 0) is 10.9 Å². The minimum absolute atomic E-state index is 0.164. The number of hydrogen-bond donors (Lipinski definition) is 1. The van der Waals surface area contributed by atoms with E-state index in [1.54, 1.807) is 0 Å². The fraction of sp³-hybridized carbons (Fsp3) is 0.133. The summed E-state index contributed by atoms with van der Waals surface area (Å²) < 4.78 is 42.3. The predicted octanol–water partition coefficient (Wildman–Crippen LogP) is 3.14. The highest BCUT2D eigenvalue weighted by Crippen LogP contribution is 2.29. The molecule has 0 aliphatic rings. The number of benzene rings is 1. The number of hydrogen-bond acceptors (Lipinski definition) is 4. The van der Waals surface area contributed by atoms with E-state index in [9.17, 15) is 22.8 Å². The fourth-order valence-electron chi connectivity index (χ4n) is 1.74. The number of rotatable bonds is 3. The Kier molecular flexibility index (Phi) is 4.63. The van der Waals surface area contributed by atoms with Gasteiger partial charge < -0.3 is 10.1 Å². The molecule has 1 amide bonds. The molecule has 0 spiro atoms. The molecule has 0 aliphatic heterocycles. The van der Waals surface area contributed by atoms with Crippen LogP contribution < -0.4 is 5.32 Å². The van der Waals surface area contributed by atoms with E-state index in [-0.39, 0.29) is 16.9 Å². The van der Waals surface area contributed by atoms with Gasteiger partial charge in [0, 0.05) is 11.8 Å². The molecular formula is C15H11F3N2O3. The summed E-state index contributed by atoms with van der Waals surface area (Å²) in [6.07, 6.45) is -3.57. The molecular weight excluding hydrogens is 313 g/mol. The van der Waals surface area contributed by atoms with Crippen LogP contribution in [0.5, 0.6) is 0 Å². The molecule has 23 heavy (non-hydrogen) atoms. The Balaban J connectivity index is 2.15. The second-order valence-corrected chi connectivity index (χ2v) is 4.45. The average molecular weight is 324 g/mol. The van der Waals surface area contributed by atoms with Crippen molar-refractivity contribution < 1.29 is 27.5 Å². The quantitative estimate of drug-likeness (QED) is 0.881. The Morgan fingerprint density at radius 2 is 1.70 bits per heavy atom. The van der Waals surface area contributed by atoms with Gasteiger partial charge in [-0.3, -0.25) is 4.79 Å². The first kappa shape index (κ1) is 16.5. The van der Waals surface area contributed by atoms with E-state index in [1.165, 1.54) is 31.4 Å². The second-order valence-electron chi connectivity index (χ2n) is 4.45. The van der Waals surface area contributed by atoms with Gasteiger partial charge in [0.1, 0.15) is 5.82 Å². The highest BCUT2D eigenvalue weighted by Gasteiger charge is 2.30. The topological polar surface area (TPSA) is 68.3 Å². The maximum atomic E-state index is 12.6. The number of carbonyl (C=O) groups excluding carboxylic acids is 2. The molecule has 2 rings (SSSR count). The number of amides is 1. The molecule has 1 N–H and O–H groups in total. The van der Waals surface area contributed by atoms with Gasteiger partial charge in [-0.1, -0.05) is 0 Å². The summed E-state index contributed by atoms with van der Waals surface area (Å²) >= 11 is 0. The Morgan fingerprint density at radius 3 is 2.26 bits per heavy atom. The van der Waals surface area contributed by atoms with Gasteiger partial charge in [0.2, 0.25) is 0 Å². The van der Waals surface area contributed by atoms with Crippen LogP contribution in [0.4, 0.5) is 19.0 Å². The number of esters is 1. The molecule has 2 aromatic rings. The Labute approximate surface area is 129 Å². The first-order valence-electron chi connectivity index (χ1n) is 6.34. The summed E-state index contributed by atoms with van der Waals surface area (Å²) in [6, 6.07) is 7.01. The molecule has 1 aromatic heterocycles. The first-order valence-corrected chi connectivity index (χ1v) is 6.34. The molecule has 0 unspecified atom stereocenters. The van der Waals surface area contributed by atoms with Gasteiger partial charge in [-0.15, -0.1) is 0 Å². The van der Waals surface area contributed by atoms with E-state index in [0.29, 0.717) is 0 Å². The maximum Gasteiger partial charge on any atom is 0.416 e. The number of methoxy groups -OCH3 is 1. The van der Waals surface area contributed by atoms with Crippen LogP contribution in [0.15, 0.2) is 42.6 Å². The summed E-state index contributed by atoms with van der Waals surface area (Å²) in [6.45, 7) is 0. The minimum Gasteiger partial charge on any atom is -0.465 e. The molecule has 0 radical (unpaired) electrons. The van der Waals surface area contributed by atoms with Crippen molar-refractivity contribution in [2.24, 2.45) is 0 Å². The van der Waals surface area contributed by atoms with Crippen LogP contribution in [-0.4, -0.2) is 24.0 Å². The third kappa shape index (κ3) is 4.06. The van der Waals surface area contributed by atoms with Gasteiger partial charge in [-0.05, 0) is 36.4 Å². The number of aromatic nitrogens is 1. The van der Waals surface area contributed by atoms with Crippen molar-refractivity contribution in [2.75, 3.05) is 12.4 Å². The molecule has 0 saturated heterocycles. The van der Waals surface area contributed by atoms with E-state index in [2.05, 4.69) is 15.0 Å². The number of nitrogens with zero attached hydrogens (tertiary/aromatic N) is 1. The van der Waals surface area contributed by atoms with Crippen molar-refractivity contribution in [3.05, 3.63) is 59.3 Å². The lowest BCUT2D eigenvalue weighted by molar-refractivity contribution is -0.137. The van der Waals surface area contributed by atoms with Crippen molar-refractivity contribution in [1.82, 2.24) is 4.98 Å². The van der Waals surface area contributed by atoms with Crippen molar-refractivity contribution >= 4 is 17.7 Å². The highest BCUT2D eigenvalue weighted by atomic mass is 19.4. The predicted molar refractivity (Wildman–Crippen MR) is 75.0 cm³/mol. The average Bonchev–Trinajstić information content (AvgIpc) is 2.53. The monoisotopic (exact) mass is 324 g/mol. The van der Waals surface area contributed by atoms with Gasteiger partial charge in [0.15, 0.2) is 0 Å². The van der Waals surface area contributed by atoms with Gasteiger partial charge in [0.05, 0.1) is 18.2 Å². The van der Waals surface area contributed by atoms with Crippen molar-refractivity contribution in [1.29, 1.82) is 0 Å². The molecule has 0 bridgehead atoms. The summed E-state index contributed by atoms with van der Waals surface area (Å²) in [5.41, 5.74) is -0.498. The van der Waals surface area contributed by atoms with E-state index in [1.807, 2.05) is 0 Å². The molecule has 0 aliphatic carbocycles. The van der Waals surface area contributed by atoms with Gasteiger partial charge in [-0.25, -0.2) is 9.78 Å². The van der Waals surface area contributed by atoms with Crippen LogP contribution in [0.2, 0.25) is 0 Å². The number of nitrogens with one attached hydrogen (secondary N) is 1. The molecule has 5 nitrogen and oxygen atoms in total. The number of carbonyl (C=O) groups is 2. The van der Waals surface area contributed by atoms with E-state index in [0.717, 1.165) is 18.3 Å². The zero-order valence-electron chi connectivity index (χ0n) is 11.8.